The summed E-state index contributed by atoms with van der Waals surface area (Å²) in [6, 6.07) is 0. The van der Waals surface area contributed by atoms with Gasteiger partial charge in [0.15, 0.2) is 0 Å². The maximum Gasteiger partial charge on any atom is 0.238 e. The highest BCUT2D eigenvalue weighted by Gasteiger charge is 2.39. The molecule has 0 saturated heterocycles. The monoisotopic (exact) mass is 264 g/mol. The zero-order valence-corrected chi connectivity index (χ0v) is 12.1. The third kappa shape index (κ3) is 3.24. The molecule has 1 aromatic rings. The SMILES string of the molecule is COc1nccnc1C1(O)CCCC(CC(C)C)C1. The first-order valence-corrected chi connectivity index (χ1v) is 7.13. The molecule has 0 bridgehead atoms. The number of hydrogen-bond acceptors (Lipinski definition) is 4. The molecule has 0 aromatic carbocycles. The van der Waals surface area contributed by atoms with Gasteiger partial charge in [0, 0.05) is 12.4 Å². The van der Waals surface area contributed by atoms with Crippen LogP contribution in [0.5, 0.6) is 5.88 Å². The topological polar surface area (TPSA) is 55.2 Å². The van der Waals surface area contributed by atoms with Gasteiger partial charge in [-0.3, -0.25) is 4.98 Å². The lowest BCUT2D eigenvalue weighted by molar-refractivity contribution is -0.0302. The van der Waals surface area contributed by atoms with Gasteiger partial charge in [0.25, 0.3) is 0 Å². The first kappa shape index (κ1) is 14.3. The molecular weight excluding hydrogens is 240 g/mol. The van der Waals surface area contributed by atoms with Gasteiger partial charge in [-0.2, -0.15) is 0 Å². The largest absolute Gasteiger partial charge is 0.480 e. The number of ether oxygens (including phenoxy) is 1. The minimum atomic E-state index is -0.878. The van der Waals surface area contributed by atoms with Crippen LogP contribution in [0.25, 0.3) is 0 Å². The van der Waals surface area contributed by atoms with E-state index in [1.54, 1.807) is 19.5 Å². The van der Waals surface area contributed by atoms with Crippen LogP contribution < -0.4 is 4.74 Å². The zero-order valence-electron chi connectivity index (χ0n) is 12.1. The maximum atomic E-state index is 11.0. The van der Waals surface area contributed by atoms with Crippen LogP contribution in [0, 0.1) is 11.8 Å². The minimum absolute atomic E-state index is 0.454. The highest BCUT2D eigenvalue weighted by molar-refractivity contribution is 5.25. The van der Waals surface area contributed by atoms with Gasteiger partial charge in [0.05, 0.1) is 7.11 Å². The number of aliphatic hydroxyl groups is 1. The van der Waals surface area contributed by atoms with E-state index in [1.807, 2.05) is 0 Å². The molecule has 1 aromatic heterocycles. The molecule has 0 aliphatic heterocycles. The minimum Gasteiger partial charge on any atom is -0.480 e. The summed E-state index contributed by atoms with van der Waals surface area (Å²) in [6.07, 6.45) is 8.13. The van der Waals surface area contributed by atoms with E-state index >= 15 is 0 Å². The summed E-state index contributed by atoms with van der Waals surface area (Å²) < 4.78 is 5.25. The molecule has 0 amide bonds. The number of aromatic nitrogens is 2. The molecule has 2 atom stereocenters. The molecule has 2 unspecified atom stereocenters. The second-order valence-corrected chi connectivity index (χ2v) is 6.04. The molecule has 0 radical (unpaired) electrons. The molecular formula is C15H24N2O2. The van der Waals surface area contributed by atoms with Crippen LogP contribution in [0.2, 0.25) is 0 Å². The van der Waals surface area contributed by atoms with E-state index in [-0.39, 0.29) is 0 Å². The van der Waals surface area contributed by atoms with E-state index in [0.29, 0.717) is 23.4 Å². The smallest absolute Gasteiger partial charge is 0.238 e. The van der Waals surface area contributed by atoms with Gasteiger partial charge in [-0.25, -0.2) is 4.98 Å². The average Bonchev–Trinajstić information content (AvgIpc) is 2.38. The Morgan fingerprint density at radius 2 is 2.16 bits per heavy atom. The van der Waals surface area contributed by atoms with Crippen LogP contribution in [-0.2, 0) is 5.60 Å². The Hall–Kier alpha value is -1.16. The van der Waals surface area contributed by atoms with Gasteiger partial charge in [-0.1, -0.05) is 20.3 Å². The highest BCUT2D eigenvalue weighted by Crippen LogP contribution is 2.43. The number of nitrogens with zero attached hydrogens (tertiary/aromatic N) is 2. The molecule has 106 valence electrons. The average molecular weight is 264 g/mol. The fourth-order valence-corrected chi connectivity index (χ4v) is 3.24. The third-order valence-electron chi connectivity index (χ3n) is 3.93. The van der Waals surface area contributed by atoms with E-state index in [9.17, 15) is 5.11 Å². The molecule has 4 heteroatoms. The number of methoxy groups -OCH3 is 1. The van der Waals surface area contributed by atoms with E-state index in [2.05, 4.69) is 23.8 Å². The molecule has 0 spiro atoms. The molecule has 1 fully saturated rings. The molecule has 4 nitrogen and oxygen atoms in total. The van der Waals surface area contributed by atoms with Crippen LogP contribution in [0.3, 0.4) is 0 Å². The molecule has 19 heavy (non-hydrogen) atoms. The van der Waals surface area contributed by atoms with E-state index in [0.717, 1.165) is 25.7 Å². The summed E-state index contributed by atoms with van der Waals surface area (Å²) in [5.41, 5.74) is -0.275. The normalized spacial score (nSPS) is 27.5. The molecule has 1 N–H and O–H groups in total. The Bertz CT molecular complexity index is 422. The Morgan fingerprint density at radius 1 is 1.42 bits per heavy atom. The van der Waals surface area contributed by atoms with Crippen molar-refractivity contribution in [3.8, 4) is 5.88 Å². The third-order valence-corrected chi connectivity index (χ3v) is 3.93. The second kappa shape index (κ2) is 5.87. The Morgan fingerprint density at radius 3 is 2.84 bits per heavy atom. The van der Waals surface area contributed by atoms with Crippen molar-refractivity contribution in [2.45, 2.75) is 51.6 Å². The summed E-state index contributed by atoms with van der Waals surface area (Å²) in [5.74, 6) is 1.68. The fourth-order valence-electron chi connectivity index (χ4n) is 3.24. The number of rotatable bonds is 4. The summed E-state index contributed by atoms with van der Waals surface area (Å²) in [5, 5.41) is 11.0. The van der Waals surface area contributed by atoms with Crippen LogP contribution in [0.1, 0.15) is 51.6 Å². The lowest BCUT2D eigenvalue weighted by Gasteiger charge is -2.37. The predicted octanol–water partition coefficient (Wildman–Crippen LogP) is 2.91. The molecule has 2 rings (SSSR count). The maximum absolute atomic E-state index is 11.0. The van der Waals surface area contributed by atoms with Crippen molar-refractivity contribution in [1.82, 2.24) is 9.97 Å². The number of hydrogen-bond donors (Lipinski definition) is 1. The quantitative estimate of drug-likeness (QED) is 0.908. The first-order valence-electron chi connectivity index (χ1n) is 7.13. The van der Waals surface area contributed by atoms with Crippen LogP contribution in [0.4, 0.5) is 0 Å². The van der Waals surface area contributed by atoms with Crippen LogP contribution >= 0.6 is 0 Å². The standard InChI is InChI=1S/C15H24N2O2/c1-11(2)9-12-5-4-6-15(18,10-12)13-14(19-3)17-8-7-16-13/h7-8,11-12,18H,4-6,9-10H2,1-3H3. The zero-order chi connectivity index (χ0) is 13.9. The molecule has 1 aliphatic rings. The van der Waals surface area contributed by atoms with E-state index < -0.39 is 5.60 Å². The fraction of sp³-hybridized carbons (Fsp3) is 0.733. The molecule has 1 aliphatic carbocycles. The summed E-state index contributed by atoms with van der Waals surface area (Å²) in [7, 11) is 1.57. The van der Waals surface area contributed by atoms with E-state index in [4.69, 9.17) is 4.74 Å². The van der Waals surface area contributed by atoms with Gasteiger partial charge in [-0.05, 0) is 37.5 Å². The van der Waals surface area contributed by atoms with Gasteiger partial charge >= 0.3 is 0 Å². The summed E-state index contributed by atoms with van der Waals surface area (Å²) in [6.45, 7) is 4.47. The van der Waals surface area contributed by atoms with E-state index in [1.165, 1.54) is 6.42 Å². The van der Waals surface area contributed by atoms with Crippen molar-refractivity contribution in [2.24, 2.45) is 11.8 Å². The Balaban J connectivity index is 2.21. The summed E-state index contributed by atoms with van der Waals surface area (Å²) in [4.78, 5) is 8.48. The van der Waals surface area contributed by atoms with Gasteiger partial charge in [0.2, 0.25) is 5.88 Å². The molecule has 1 saturated carbocycles. The Labute approximate surface area is 115 Å². The van der Waals surface area contributed by atoms with Gasteiger partial charge in [-0.15, -0.1) is 0 Å². The van der Waals surface area contributed by atoms with Gasteiger partial charge in [0.1, 0.15) is 11.3 Å². The highest BCUT2D eigenvalue weighted by atomic mass is 16.5. The van der Waals surface area contributed by atoms with Crippen molar-refractivity contribution >= 4 is 0 Å². The predicted molar refractivity (Wildman–Crippen MR) is 73.9 cm³/mol. The van der Waals surface area contributed by atoms with Crippen molar-refractivity contribution in [1.29, 1.82) is 0 Å². The second-order valence-electron chi connectivity index (χ2n) is 6.04. The van der Waals surface area contributed by atoms with Crippen molar-refractivity contribution in [2.75, 3.05) is 7.11 Å². The van der Waals surface area contributed by atoms with Crippen LogP contribution in [0.15, 0.2) is 12.4 Å². The van der Waals surface area contributed by atoms with Crippen LogP contribution in [-0.4, -0.2) is 22.2 Å². The van der Waals surface area contributed by atoms with Crippen molar-refractivity contribution < 1.29 is 9.84 Å². The molecule has 1 heterocycles. The lowest BCUT2D eigenvalue weighted by atomic mass is 9.73. The van der Waals surface area contributed by atoms with Crippen molar-refractivity contribution in [3.05, 3.63) is 18.1 Å². The lowest BCUT2D eigenvalue weighted by Crippen LogP contribution is -2.34. The first-order chi connectivity index (χ1) is 9.05. The van der Waals surface area contributed by atoms with Gasteiger partial charge < -0.3 is 9.84 Å². The summed E-state index contributed by atoms with van der Waals surface area (Å²) >= 11 is 0. The Kier molecular flexibility index (Phi) is 4.40. The van der Waals surface area contributed by atoms with Crippen molar-refractivity contribution in [3.63, 3.8) is 0 Å².